The summed E-state index contributed by atoms with van der Waals surface area (Å²) in [7, 11) is 0. The molecule has 4 heteroatoms. The van der Waals surface area contributed by atoms with E-state index in [4.69, 9.17) is 9.84 Å². The fraction of sp³-hybridized carbons (Fsp3) is 1.00. The van der Waals surface area contributed by atoms with Gasteiger partial charge in [-0.15, -0.1) is 0 Å². The first-order chi connectivity index (χ1) is 5.57. The van der Waals surface area contributed by atoms with Crippen LogP contribution in [0.1, 0.15) is 13.8 Å². The molecule has 1 heterocycles. The third kappa shape index (κ3) is 1.61. The summed E-state index contributed by atoms with van der Waals surface area (Å²) < 4.78 is 4.99. The Morgan fingerprint density at radius 3 is 2.25 bits per heavy atom. The second kappa shape index (κ2) is 3.70. The topological polar surface area (TPSA) is 69.9 Å². The van der Waals surface area contributed by atoms with Crippen LogP contribution >= 0.6 is 0 Å². The van der Waals surface area contributed by atoms with Crippen LogP contribution in [0.2, 0.25) is 0 Å². The van der Waals surface area contributed by atoms with Gasteiger partial charge >= 0.3 is 0 Å². The minimum atomic E-state index is -0.874. The Kier molecular flexibility index (Phi) is 3.06. The van der Waals surface area contributed by atoms with Crippen molar-refractivity contribution in [3.05, 3.63) is 0 Å². The monoisotopic (exact) mass is 176 g/mol. The normalized spacial score (nSPS) is 49.2. The van der Waals surface area contributed by atoms with Crippen LogP contribution in [0.5, 0.6) is 0 Å². The van der Waals surface area contributed by atoms with Crippen molar-refractivity contribution in [1.29, 1.82) is 0 Å². The summed E-state index contributed by atoms with van der Waals surface area (Å²) in [5, 5.41) is 27.6. The molecular formula is C8H16O4. The highest BCUT2D eigenvalue weighted by Crippen LogP contribution is 2.28. The maximum atomic E-state index is 9.53. The Balaban J connectivity index is 2.63. The standard InChI is InChI=1S/C8H16O4/c1-4-5(2)8(11)12-6(3-9)7(4)10/h4-11H,3H2,1-2H3/t4-,5-,6-,7+,8+/m1/s1. The number of ether oxygens (including phenoxy) is 1. The van der Waals surface area contributed by atoms with Crippen LogP contribution in [-0.2, 0) is 4.74 Å². The maximum Gasteiger partial charge on any atom is 0.158 e. The molecule has 0 amide bonds. The SMILES string of the molecule is C[C@@H]1[C@@H](C)[C@@H](O)O[C@H](CO)[C@H]1O. The van der Waals surface area contributed by atoms with Crippen LogP contribution in [0.15, 0.2) is 0 Å². The predicted molar refractivity (Wildman–Crippen MR) is 42.3 cm³/mol. The van der Waals surface area contributed by atoms with Crippen molar-refractivity contribution in [1.82, 2.24) is 0 Å². The fourth-order valence-corrected chi connectivity index (χ4v) is 1.44. The lowest BCUT2D eigenvalue weighted by Crippen LogP contribution is -2.50. The van der Waals surface area contributed by atoms with Gasteiger partial charge in [-0.05, 0) is 5.92 Å². The van der Waals surface area contributed by atoms with E-state index in [1.165, 1.54) is 0 Å². The molecule has 1 aliphatic heterocycles. The summed E-state index contributed by atoms with van der Waals surface area (Å²) in [5.41, 5.74) is 0. The lowest BCUT2D eigenvalue weighted by Gasteiger charge is -2.39. The van der Waals surface area contributed by atoms with Gasteiger partial charge in [0.05, 0.1) is 12.7 Å². The maximum absolute atomic E-state index is 9.53. The van der Waals surface area contributed by atoms with Crippen molar-refractivity contribution >= 4 is 0 Å². The van der Waals surface area contributed by atoms with Gasteiger partial charge in [0.2, 0.25) is 0 Å². The molecule has 0 aromatic heterocycles. The van der Waals surface area contributed by atoms with Crippen molar-refractivity contribution in [3.8, 4) is 0 Å². The molecule has 0 unspecified atom stereocenters. The molecule has 0 aromatic carbocycles. The molecule has 4 nitrogen and oxygen atoms in total. The van der Waals surface area contributed by atoms with Gasteiger partial charge in [-0.1, -0.05) is 13.8 Å². The molecule has 0 spiro atoms. The van der Waals surface area contributed by atoms with Crippen LogP contribution in [0.25, 0.3) is 0 Å². The average Bonchev–Trinajstić information content (AvgIpc) is 2.08. The van der Waals surface area contributed by atoms with Gasteiger partial charge < -0.3 is 20.1 Å². The Morgan fingerprint density at radius 1 is 1.17 bits per heavy atom. The van der Waals surface area contributed by atoms with Gasteiger partial charge in [0.1, 0.15) is 6.10 Å². The van der Waals surface area contributed by atoms with Crippen molar-refractivity contribution in [2.75, 3.05) is 6.61 Å². The number of aliphatic hydroxyl groups is 3. The molecule has 0 radical (unpaired) electrons. The van der Waals surface area contributed by atoms with Crippen LogP contribution in [0, 0.1) is 11.8 Å². The number of rotatable bonds is 1. The quantitative estimate of drug-likeness (QED) is 0.495. The van der Waals surface area contributed by atoms with E-state index >= 15 is 0 Å². The highest BCUT2D eigenvalue weighted by atomic mass is 16.6. The van der Waals surface area contributed by atoms with E-state index in [1.54, 1.807) is 0 Å². The zero-order valence-corrected chi connectivity index (χ0v) is 7.34. The van der Waals surface area contributed by atoms with Crippen LogP contribution < -0.4 is 0 Å². The van der Waals surface area contributed by atoms with Crippen molar-refractivity contribution in [2.24, 2.45) is 11.8 Å². The summed E-state index contributed by atoms with van der Waals surface area (Å²) in [6, 6.07) is 0. The molecule has 1 fully saturated rings. The van der Waals surface area contributed by atoms with E-state index < -0.39 is 18.5 Å². The largest absolute Gasteiger partial charge is 0.394 e. The van der Waals surface area contributed by atoms with Gasteiger partial charge in [0.25, 0.3) is 0 Å². The summed E-state index contributed by atoms with van der Waals surface area (Å²) in [4.78, 5) is 0. The lowest BCUT2D eigenvalue weighted by atomic mass is 9.85. The summed E-state index contributed by atoms with van der Waals surface area (Å²) in [5.74, 6) is -0.145. The molecule has 1 saturated heterocycles. The zero-order chi connectivity index (χ0) is 9.30. The molecule has 0 aliphatic carbocycles. The molecule has 72 valence electrons. The molecule has 1 aliphatic rings. The molecule has 1 rings (SSSR count). The third-order valence-electron chi connectivity index (χ3n) is 2.69. The Morgan fingerprint density at radius 2 is 1.75 bits per heavy atom. The van der Waals surface area contributed by atoms with E-state index in [9.17, 15) is 10.2 Å². The molecule has 12 heavy (non-hydrogen) atoms. The Labute approximate surface area is 71.8 Å². The third-order valence-corrected chi connectivity index (χ3v) is 2.69. The van der Waals surface area contributed by atoms with E-state index in [0.29, 0.717) is 0 Å². The second-order valence-corrected chi connectivity index (χ2v) is 3.46. The molecule has 0 saturated carbocycles. The van der Waals surface area contributed by atoms with Gasteiger partial charge in [-0.3, -0.25) is 0 Å². The minimum Gasteiger partial charge on any atom is -0.394 e. The summed E-state index contributed by atoms with van der Waals surface area (Å²) in [6.45, 7) is 3.39. The van der Waals surface area contributed by atoms with Crippen molar-refractivity contribution < 1.29 is 20.1 Å². The fourth-order valence-electron chi connectivity index (χ4n) is 1.44. The first-order valence-electron chi connectivity index (χ1n) is 4.20. The first-order valence-corrected chi connectivity index (χ1v) is 4.20. The van der Waals surface area contributed by atoms with Crippen LogP contribution in [-0.4, -0.2) is 40.4 Å². The van der Waals surface area contributed by atoms with Gasteiger partial charge in [-0.2, -0.15) is 0 Å². The Hall–Kier alpha value is -0.160. The highest BCUT2D eigenvalue weighted by molar-refractivity contribution is 4.83. The predicted octanol–water partition coefficient (Wildman–Crippen LogP) is -0.671. The minimum absolute atomic E-state index is 0.0501. The zero-order valence-electron chi connectivity index (χ0n) is 7.34. The smallest absolute Gasteiger partial charge is 0.158 e. The van der Waals surface area contributed by atoms with E-state index in [2.05, 4.69) is 0 Å². The number of hydrogen-bond donors (Lipinski definition) is 3. The van der Waals surface area contributed by atoms with E-state index in [0.717, 1.165) is 0 Å². The molecular weight excluding hydrogens is 160 g/mol. The van der Waals surface area contributed by atoms with Gasteiger partial charge in [-0.25, -0.2) is 0 Å². The molecule has 5 atom stereocenters. The molecule has 3 N–H and O–H groups in total. The van der Waals surface area contributed by atoms with E-state index in [1.807, 2.05) is 13.8 Å². The second-order valence-electron chi connectivity index (χ2n) is 3.46. The first kappa shape index (κ1) is 9.92. The van der Waals surface area contributed by atoms with Crippen LogP contribution in [0.3, 0.4) is 0 Å². The molecule has 0 aromatic rings. The van der Waals surface area contributed by atoms with Crippen LogP contribution in [0.4, 0.5) is 0 Å². The average molecular weight is 176 g/mol. The van der Waals surface area contributed by atoms with E-state index in [-0.39, 0.29) is 18.4 Å². The summed E-state index contributed by atoms with van der Waals surface area (Å²) in [6.07, 6.45) is -2.21. The Bertz CT molecular complexity index is 145. The van der Waals surface area contributed by atoms with Gasteiger partial charge in [0.15, 0.2) is 6.29 Å². The molecule has 0 bridgehead atoms. The summed E-state index contributed by atoms with van der Waals surface area (Å²) >= 11 is 0. The lowest BCUT2D eigenvalue weighted by molar-refractivity contribution is -0.249. The van der Waals surface area contributed by atoms with Gasteiger partial charge in [0, 0.05) is 5.92 Å². The van der Waals surface area contributed by atoms with Crippen molar-refractivity contribution in [3.63, 3.8) is 0 Å². The number of aliphatic hydroxyl groups excluding tert-OH is 3. The van der Waals surface area contributed by atoms with Crippen molar-refractivity contribution in [2.45, 2.75) is 32.3 Å². The number of hydrogen-bond acceptors (Lipinski definition) is 4. The highest BCUT2D eigenvalue weighted by Gasteiger charge is 2.39.